The van der Waals surface area contributed by atoms with Gasteiger partial charge in [0.25, 0.3) is 10.2 Å². The van der Waals surface area contributed by atoms with Gasteiger partial charge < -0.3 is 5.11 Å². The average molecular weight is 306 g/mol. The van der Waals surface area contributed by atoms with Crippen molar-refractivity contribution in [2.24, 2.45) is 11.8 Å². The Bertz CT molecular complexity index is 428. The Balaban J connectivity index is 2.91. The Morgan fingerprint density at radius 3 is 2.25 bits per heavy atom. The van der Waals surface area contributed by atoms with Gasteiger partial charge >= 0.3 is 5.97 Å². The normalized spacial score (nSPS) is 26.6. The van der Waals surface area contributed by atoms with Gasteiger partial charge in [0.15, 0.2) is 0 Å². The second kappa shape index (κ2) is 6.87. The molecule has 118 valence electrons. The Hall–Kier alpha value is -0.660. The third-order valence-corrected chi connectivity index (χ3v) is 5.89. The summed E-state index contributed by atoms with van der Waals surface area (Å²) in [5.74, 6) is -0.310. The van der Waals surface area contributed by atoms with Crippen LogP contribution in [0.4, 0.5) is 0 Å². The maximum Gasteiger partial charge on any atom is 0.304 e. The molecule has 6 nitrogen and oxygen atoms in total. The molecule has 0 spiro atoms. The van der Waals surface area contributed by atoms with Crippen LogP contribution in [-0.4, -0.2) is 53.8 Å². The summed E-state index contributed by atoms with van der Waals surface area (Å²) in [5, 5.41) is 8.85. The molecule has 1 N–H and O–H groups in total. The zero-order valence-electron chi connectivity index (χ0n) is 12.7. The average Bonchev–Trinajstić information content (AvgIpc) is 2.26. The smallest absolute Gasteiger partial charge is 0.304 e. The second-order valence-electron chi connectivity index (χ2n) is 5.92. The monoisotopic (exact) mass is 306 g/mol. The Labute approximate surface area is 121 Å². The minimum Gasteiger partial charge on any atom is -0.481 e. The molecule has 0 aromatic heterocycles. The number of hydrogen-bond acceptors (Lipinski definition) is 3. The van der Waals surface area contributed by atoms with Gasteiger partial charge in [0.1, 0.15) is 0 Å². The molecule has 3 unspecified atom stereocenters. The Kier molecular flexibility index (Phi) is 5.97. The molecule has 1 aliphatic rings. The first-order valence-electron chi connectivity index (χ1n) is 7.17. The fraction of sp³-hybridized carbons (Fsp3) is 0.923. The number of aliphatic carboxylic acids is 1. The van der Waals surface area contributed by atoms with Crippen LogP contribution < -0.4 is 0 Å². The molecule has 0 radical (unpaired) electrons. The molecule has 1 heterocycles. The molecule has 20 heavy (non-hydrogen) atoms. The number of hydrogen-bond donors (Lipinski definition) is 1. The van der Waals surface area contributed by atoms with Crippen molar-refractivity contribution in [3.8, 4) is 0 Å². The molecule has 3 atom stereocenters. The van der Waals surface area contributed by atoms with Crippen molar-refractivity contribution < 1.29 is 18.3 Å². The number of carboxylic acid groups (broad SMARTS) is 1. The third-order valence-electron chi connectivity index (χ3n) is 3.73. The lowest BCUT2D eigenvalue weighted by Gasteiger charge is -2.38. The number of piperidine rings is 1. The fourth-order valence-electron chi connectivity index (χ4n) is 3.00. The molecule has 0 aliphatic carbocycles. The zero-order valence-corrected chi connectivity index (χ0v) is 13.6. The highest BCUT2D eigenvalue weighted by Gasteiger charge is 2.36. The molecule has 7 heteroatoms. The van der Waals surface area contributed by atoms with Gasteiger partial charge in [-0.15, -0.1) is 0 Å². The van der Waals surface area contributed by atoms with E-state index in [9.17, 15) is 13.2 Å². The summed E-state index contributed by atoms with van der Waals surface area (Å²) in [5.41, 5.74) is 0. The van der Waals surface area contributed by atoms with Gasteiger partial charge in [-0.2, -0.15) is 17.0 Å². The van der Waals surface area contributed by atoms with Crippen LogP contribution in [0, 0.1) is 11.8 Å². The van der Waals surface area contributed by atoms with E-state index in [4.69, 9.17) is 5.11 Å². The molecular weight excluding hydrogens is 280 g/mol. The van der Waals surface area contributed by atoms with Crippen LogP contribution in [-0.2, 0) is 15.0 Å². The quantitative estimate of drug-likeness (QED) is 0.804. The molecule has 1 rings (SSSR count). The molecule has 0 aromatic rings. The van der Waals surface area contributed by atoms with Crippen molar-refractivity contribution >= 4 is 16.2 Å². The number of carboxylic acids is 1. The summed E-state index contributed by atoms with van der Waals surface area (Å²) in [4.78, 5) is 10.8. The number of carbonyl (C=O) groups is 1. The second-order valence-corrected chi connectivity index (χ2v) is 7.80. The van der Waals surface area contributed by atoms with Crippen LogP contribution in [0.2, 0.25) is 0 Å². The topological polar surface area (TPSA) is 77.9 Å². The highest BCUT2D eigenvalue weighted by Crippen LogP contribution is 2.25. The summed E-state index contributed by atoms with van der Waals surface area (Å²) < 4.78 is 28.2. The lowest BCUT2D eigenvalue weighted by molar-refractivity contribution is -0.137. The largest absolute Gasteiger partial charge is 0.481 e. The van der Waals surface area contributed by atoms with E-state index in [-0.39, 0.29) is 13.0 Å². The van der Waals surface area contributed by atoms with E-state index in [0.717, 1.165) is 6.42 Å². The highest BCUT2D eigenvalue weighted by molar-refractivity contribution is 7.86. The minimum atomic E-state index is -3.58. The molecular formula is C13H26N2O4S. The van der Waals surface area contributed by atoms with Crippen molar-refractivity contribution in [1.29, 1.82) is 0 Å². The van der Waals surface area contributed by atoms with Crippen molar-refractivity contribution in [2.45, 2.75) is 46.6 Å². The summed E-state index contributed by atoms with van der Waals surface area (Å²) in [6, 6.07) is -0.532. The molecule has 0 amide bonds. The van der Waals surface area contributed by atoms with Crippen LogP contribution in [0.25, 0.3) is 0 Å². The standard InChI is InChI=1S/C13H26N2O4S/c1-5-15(12(4)7-13(16)17)20(18,19)14-8-10(2)6-11(3)9-14/h10-12H,5-9H2,1-4H3,(H,16,17). The van der Waals surface area contributed by atoms with Gasteiger partial charge in [0.05, 0.1) is 6.42 Å². The van der Waals surface area contributed by atoms with Gasteiger partial charge in [-0.3, -0.25) is 4.79 Å². The van der Waals surface area contributed by atoms with E-state index in [1.807, 2.05) is 0 Å². The molecule has 0 saturated carbocycles. The summed E-state index contributed by atoms with van der Waals surface area (Å²) >= 11 is 0. The maximum atomic E-state index is 12.7. The molecule has 1 aliphatic heterocycles. The van der Waals surface area contributed by atoms with Gasteiger partial charge in [-0.25, -0.2) is 0 Å². The lowest BCUT2D eigenvalue weighted by Crippen LogP contribution is -2.52. The molecule has 0 bridgehead atoms. The fourth-order valence-corrected chi connectivity index (χ4v) is 5.04. The van der Waals surface area contributed by atoms with Crippen LogP contribution in [0.15, 0.2) is 0 Å². The predicted molar refractivity (Wildman–Crippen MR) is 77.5 cm³/mol. The van der Waals surface area contributed by atoms with E-state index in [2.05, 4.69) is 13.8 Å². The number of rotatable bonds is 6. The summed E-state index contributed by atoms with van der Waals surface area (Å²) in [6.45, 7) is 8.81. The minimum absolute atomic E-state index is 0.175. The number of nitrogens with zero attached hydrogens (tertiary/aromatic N) is 2. The van der Waals surface area contributed by atoms with Crippen LogP contribution in [0.5, 0.6) is 0 Å². The SMILES string of the molecule is CCN(C(C)CC(=O)O)S(=O)(=O)N1CC(C)CC(C)C1. The van der Waals surface area contributed by atoms with Gasteiger partial charge in [-0.1, -0.05) is 20.8 Å². The van der Waals surface area contributed by atoms with E-state index < -0.39 is 22.2 Å². The Morgan fingerprint density at radius 1 is 1.35 bits per heavy atom. The first-order valence-corrected chi connectivity index (χ1v) is 8.56. The van der Waals surface area contributed by atoms with Crippen LogP contribution in [0.3, 0.4) is 0 Å². The van der Waals surface area contributed by atoms with Crippen LogP contribution >= 0.6 is 0 Å². The van der Waals surface area contributed by atoms with E-state index in [1.165, 1.54) is 8.61 Å². The molecule has 0 aromatic carbocycles. The Morgan fingerprint density at radius 2 is 1.85 bits per heavy atom. The zero-order chi connectivity index (χ0) is 15.5. The van der Waals surface area contributed by atoms with Crippen molar-refractivity contribution in [1.82, 2.24) is 8.61 Å². The summed E-state index contributed by atoms with van der Waals surface area (Å²) in [6.07, 6.45) is 0.856. The first kappa shape index (κ1) is 17.4. The highest BCUT2D eigenvalue weighted by atomic mass is 32.2. The van der Waals surface area contributed by atoms with Crippen molar-refractivity contribution in [3.05, 3.63) is 0 Å². The van der Waals surface area contributed by atoms with Gasteiger partial charge in [0, 0.05) is 25.7 Å². The summed E-state index contributed by atoms with van der Waals surface area (Å²) in [7, 11) is -3.58. The van der Waals surface area contributed by atoms with E-state index >= 15 is 0 Å². The van der Waals surface area contributed by atoms with Gasteiger partial charge in [-0.05, 0) is 25.2 Å². The molecule has 1 fully saturated rings. The van der Waals surface area contributed by atoms with E-state index in [1.54, 1.807) is 13.8 Å². The third kappa shape index (κ3) is 4.17. The van der Waals surface area contributed by atoms with Gasteiger partial charge in [0.2, 0.25) is 0 Å². The maximum absolute atomic E-state index is 12.7. The van der Waals surface area contributed by atoms with E-state index in [0.29, 0.717) is 24.9 Å². The lowest BCUT2D eigenvalue weighted by atomic mass is 9.94. The van der Waals surface area contributed by atoms with Crippen LogP contribution in [0.1, 0.15) is 40.5 Å². The molecule has 1 saturated heterocycles. The first-order chi connectivity index (χ1) is 9.18. The van der Waals surface area contributed by atoms with Crippen molar-refractivity contribution in [3.63, 3.8) is 0 Å². The van der Waals surface area contributed by atoms with Crippen molar-refractivity contribution in [2.75, 3.05) is 19.6 Å². The predicted octanol–water partition coefficient (Wildman–Crippen LogP) is 1.39.